The molecule has 28 heavy (non-hydrogen) atoms. The quantitative estimate of drug-likeness (QED) is 0.770. The van der Waals surface area contributed by atoms with Gasteiger partial charge in [0.15, 0.2) is 0 Å². The summed E-state index contributed by atoms with van der Waals surface area (Å²) in [5, 5.41) is 3.23. The van der Waals surface area contributed by atoms with Gasteiger partial charge in [-0.1, -0.05) is 11.6 Å². The van der Waals surface area contributed by atoms with E-state index in [1.54, 1.807) is 18.5 Å². The fourth-order valence-corrected chi connectivity index (χ4v) is 5.07. The molecule has 0 atom stereocenters. The molecule has 1 aromatic heterocycles. The Morgan fingerprint density at radius 2 is 1.93 bits per heavy atom. The number of aromatic nitrogens is 1. The predicted octanol–water partition coefficient (Wildman–Crippen LogP) is 2.46. The van der Waals surface area contributed by atoms with E-state index in [0.717, 1.165) is 5.56 Å². The Morgan fingerprint density at radius 3 is 2.57 bits per heavy atom. The number of rotatable bonds is 6. The summed E-state index contributed by atoms with van der Waals surface area (Å²) in [6.07, 6.45) is 4.28. The summed E-state index contributed by atoms with van der Waals surface area (Å²) in [5.41, 5.74) is 0.969. The molecule has 1 aliphatic heterocycles. The number of nitrogens with one attached hydrogen (secondary N) is 1. The molecule has 0 saturated carbocycles. The number of amides is 1. The summed E-state index contributed by atoms with van der Waals surface area (Å²) in [6.45, 7) is 0.969. The maximum atomic E-state index is 13.0. The molecule has 1 aromatic carbocycles. The van der Waals surface area contributed by atoms with Crippen molar-refractivity contribution in [2.45, 2.75) is 24.3 Å². The van der Waals surface area contributed by atoms with Crippen LogP contribution in [0.3, 0.4) is 0 Å². The van der Waals surface area contributed by atoms with E-state index in [-0.39, 0.29) is 35.6 Å². The Labute approximate surface area is 169 Å². The van der Waals surface area contributed by atoms with Crippen LogP contribution >= 0.6 is 11.6 Å². The third-order valence-electron chi connectivity index (χ3n) is 4.78. The molecule has 0 aliphatic carbocycles. The van der Waals surface area contributed by atoms with E-state index in [1.807, 2.05) is 12.1 Å². The van der Waals surface area contributed by atoms with Crippen LogP contribution in [0.15, 0.2) is 47.6 Å². The van der Waals surface area contributed by atoms with Crippen molar-refractivity contribution >= 4 is 27.5 Å². The Balaban J connectivity index is 1.61. The lowest BCUT2D eigenvalue weighted by Crippen LogP contribution is -2.42. The zero-order valence-electron chi connectivity index (χ0n) is 15.5. The van der Waals surface area contributed by atoms with Crippen LogP contribution in [-0.2, 0) is 21.4 Å². The topological polar surface area (TPSA) is 88.6 Å². The summed E-state index contributed by atoms with van der Waals surface area (Å²) in [5.74, 6) is -0.0228. The van der Waals surface area contributed by atoms with Crippen LogP contribution in [0.25, 0.3) is 0 Å². The van der Waals surface area contributed by atoms with Crippen molar-refractivity contribution < 1.29 is 17.9 Å². The average molecular weight is 424 g/mol. The number of carbonyl (C=O) groups is 1. The number of nitrogens with zero attached hydrogens (tertiary/aromatic N) is 2. The number of hydrogen-bond donors (Lipinski definition) is 1. The first-order valence-electron chi connectivity index (χ1n) is 8.92. The van der Waals surface area contributed by atoms with Gasteiger partial charge >= 0.3 is 0 Å². The largest absolute Gasteiger partial charge is 0.495 e. The highest BCUT2D eigenvalue weighted by atomic mass is 35.5. The first kappa shape index (κ1) is 20.6. The first-order chi connectivity index (χ1) is 13.4. The Morgan fingerprint density at radius 1 is 1.25 bits per heavy atom. The first-order valence-corrected chi connectivity index (χ1v) is 10.7. The minimum Gasteiger partial charge on any atom is -0.495 e. The van der Waals surface area contributed by atoms with Crippen molar-refractivity contribution in [2.75, 3.05) is 20.2 Å². The van der Waals surface area contributed by atoms with Crippen molar-refractivity contribution in [3.8, 4) is 5.75 Å². The lowest BCUT2D eigenvalue weighted by molar-refractivity contribution is -0.126. The van der Waals surface area contributed by atoms with Crippen molar-refractivity contribution in [1.82, 2.24) is 14.6 Å². The summed E-state index contributed by atoms with van der Waals surface area (Å²) < 4.78 is 32.5. The SMILES string of the molecule is COc1ccc(Cl)cc1S(=O)(=O)N1CCC(C(=O)NCc2ccncc2)CC1. The lowest BCUT2D eigenvalue weighted by atomic mass is 9.97. The number of hydrogen-bond acceptors (Lipinski definition) is 5. The second-order valence-corrected chi connectivity index (χ2v) is 8.89. The van der Waals surface area contributed by atoms with Gasteiger partial charge in [0.1, 0.15) is 10.6 Å². The Kier molecular flexibility index (Phi) is 6.53. The third kappa shape index (κ3) is 4.63. The van der Waals surface area contributed by atoms with Gasteiger partial charge in [0, 0.05) is 43.0 Å². The standard InChI is InChI=1S/C19H22ClN3O4S/c1-27-17-3-2-16(20)12-18(17)28(25,26)23-10-6-15(7-11-23)19(24)22-13-14-4-8-21-9-5-14/h2-5,8-9,12,15H,6-7,10-11,13H2,1H3,(H,22,24). The number of benzene rings is 1. The highest BCUT2D eigenvalue weighted by molar-refractivity contribution is 7.89. The molecule has 1 amide bonds. The average Bonchev–Trinajstić information content (AvgIpc) is 2.73. The minimum atomic E-state index is -3.75. The molecule has 1 saturated heterocycles. The zero-order valence-corrected chi connectivity index (χ0v) is 17.0. The number of halogens is 1. The maximum Gasteiger partial charge on any atom is 0.246 e. The van der Waals surface area contributed by atoms with Crippen LogP contribution < -0.4 is 10.1 Å². The number of pyridine rings is 1. The van der Waals surface area contributed by atoms with E-state index < -0.39 is 10.0 Å². The lowest BCUT2D eigenvalue weighted by Gasteiger charge is -2.31. The monoisotopic (exact) mass is 423 g/mol. The fraction of sp³-hybridized carbons (Fsp3) is 0.368. The van der Waals surface area contributed by atoms with Crippen molar-refractivity contribution in [2.24, 2.45) is 5.92 Å². The van der Waals surface area contributed by atoms with E-state index in [0.29, 0.717) is 24.4 Å². The number of sulfonamides is 1. The molecule has 0 unspecified atom stereocenters. The van der Waals surface area contributed by atoms with Crippen LogP contribution in [-0.4, -0.2) is 43.8 Å². The summed E-state index contributed by atoms with van der Waals surface area (Å²) >= 11 is 5.97. The molecule has 9 heteroatoms. The van der Waals surface area contributed by atoms with Crippen molar-refractivity contribution in [1.29, 1.82) is 0 Å². The summed E-state index contributed by atoms with van der Waals surface area (Å²) in [7, 11) is -2.33. The van der Waals surface area contributed by atoms with E-state index in [1.165, 1.54) is 23.5 Å². The minimum absolute atomic E-state index is 0.0445. The third-order valence-corrected chi connectivity index (χ3v) is 6.94. The van der Waals surface area contributed by atoms with Gasteiger partial charge in [-0.2, -0.15) is 4.31 Å². The van der Waals surface area contributed by atoms with Crippen LogP contribution in [0.5, 0.6) is 5.75 Å². The number of piperidine rings is 1. The summed E-state index contributed by atoms with van der Waals surface area (Å²) in [4.78, 5) is 16.4. The van der Waals surface area contributed by atoms with Crippen molar-refractivity contribution in [3.05, 3.63) is 53.3 Å². The molecule has 2 aromatic rings. The van der Waals surface area contributed by atoms with Gasteiger partial charge in [0.2, 0.25) is 15.9 Å². The highest BCUT2D eigenvalue weighted by Crippen LogP contribution is 2.31. The molecule has 1 aliphatic rings. The van der Waals surface area contributed by atoms with Gasteiger partial charge in [-0.25, -0.2) is 8.42 Å². The molecule has 1 N–H and O–H groups in total. The van der Waals surface area contributed by atoms with Gasteiger partial charge in [0.25, 0.3) is 0 Å². The number of ether oxygens (including phenoxy) is 1. The van der Waals surface area contributed by atoms with Gasteiger partial charge < -0.3 is 10.1 Å². The van der Waals surface area contributed by atoms with Gasteiger partial charge in [-0.15, -0.1) is 0 Å². The fourth-order valence-electron chi connectivity index (χ4n) is 3.18. The molecule has 0 radical (unpaired) electrons. The van der Waals surface area contributed by atoms with E-state index in [9.17, 15) is 13.2 Å². The summed E-state index contributed by atoms with van der Waals surface area (Å²) in [6, 6.07) is 8.19. The van der Waals surface area contributed by atoms with Crippen LogP contribution in [0.1, 0.15) is 18.4 Å². The van der Waals surface area contributed by atoms with E-state index >= 15 is 0 Å². The molecule has 2 heterocycles. The van der Waals surface area contributed by atoms with E-state index in [4.69, 9.17) is 16.3 Å². The second-order valence-electron chi connectivity index (χ2n) is 6.55. The number of methoxy groups -OCH3 is 1. The molecule has 0 bridgehead atoms. The van der Waals surface area contributed by atoms with Gasteiger partial charge in [-0.05, 0) is 48.7 Å². The second kappa shape index (κ2) is 8.89. The molecular weight excluding hydrogens is 402 g/mol. The maximum absolute atomic E-state index is 13.0. The van der Waals surface area contributed by atoms with Crippen molar-refractivity contribution in [3.63, 3.8) is 0 Å². The number of carbonyl (C=O) groups excluding carboxylic acids is 1. The predicted molar refractivity (Wildman–Crippen MR) is 106 cm³/mol. The smallest absolute Gasteiger partial charge is 0.246 e. The molecule has 150 valence electrons. The normalized spacial score (nSPS) is 15.9. The molecule has 1 fully saturated rings. The van der Waals surface area contributed by atoms with Crippen LogP contribution in [0.4, 0.5) is 0 Å². The molecule has 7 nitrogen and oxygen atoms in total. The zero-order chi connectivity index (χ0) is 20.1. The molecule has 0 spiro atoms. The van der Waals surface area contributed by atoms with E-state index in [2.05, 4.69) is 10.3 Å². The Hall–Kier alpha value is -2.16. The van der Waals surface area contributed by atoms with Crippen LogP contribution in [0, 0.1) is 5.92 Å². The Bertz CT molecular complexity index is 929. The van der Waals surface area contributed by atoms with Crippen LogP contribution in [0.2, 0.25) is 5.02 Å². The molecular formula is C19H22ClN3O4S. The highest BCUT2D eigenvalue weighted by Gasteiger charge is 2.33. The van der Waals surface area contributed by atoms with Gasteiger partial charge in [0.05, 0.1) is 7.11 Å². The molecule has 3 rings (SSSR count). The van der Waals surface area contributed by atoms with Gasteiger partial charge in [-0.3, -0.25) is 9.78 Å².